The number of allylic oxidation sites excluding steroid dienone is 8. The van der Waals surface area contributed by atoms with Gasteiger partial charge in [-0.2, -0.15) is 5.26 Å². The predicted octanol–water partition coefficient (Wildman–Crippen LogP) is 13.0. The normalized spacial score (nSPS) is 12.4. The summed E-state index contributed by atoms with van der Waals surface area (Å²) in [5, 5.41) is 19.6. The van der Waals surface area contributed by atoms with Crippen LogP contribution in [0.3, 0.4) is 0 Å². The van der Waals surface area contributed by atoms with E-state index in [0.29, 0.717) is 12.8 Å². The minimum atomic E-state index is -1.19. The molecule has 0 aromatic heterocycles. The van der Waals surface area contributed by atoms with Crippen LogP contribution in [0.2, 0.25) is 0 Å². The van der Waals surface area contributed by atoms with Crippen LogP contribution < -0.4 is 0 Å². The van der Waals surface area contributed by atoms with E-state index >= 15 is 0 Å². The number of carbonyl (C=O) groups is 1. The Hall–Kier alpha value is -2.08. The number of nitrogens with zero attached hydrogens (tertiary/aromatic N) is 1. The van der Waals surface area contributed by atoms with Gasteiger partial charge in [0.05, 0.1) is 6.07 Å². The first-order valence-electron chi connectivity index (χ1n) is 17.9. The van der Waals surface area contributed by atoms with E-state index < -0.39 is 11.4 Å². The van der Waals surface area contributed by atoms with Crippen LogP contribution in [-0.2, 0) is 4.79 Å². The quantitative estimate of drug-likeness (QED) is 0.0654. The molecule has 0 aliphatic rings. The molecule has 42 heavy (non-hydrogen) atoms. The molecule has 0 bridgehead atoms. The van der Waals surface area contributed by atoms with Crippen molar-refractivity contribution in [3.05, 3.63) is 48.6 Å². The molecule has 0 unspecified atom stereocenters. The molecule has 0 spiro atoms. The number of rotatable bonds is 31. The van der Waals surface area contributed by atoms with Gasteiger partial charge in [0, 0.05) is 0 Å². The summed E-state index contributed by atoms with van der Waals surface area (Å²) in [4.78, 5) is 12.0. The molecule has 3 nitrogen and oxygen atoms in total. The lowest BCUT2D eigenvalue weighted by Crippen LogP contribution is -2.29. The predicted molar refractivity (Wildman–Crippen MR) is 184 cm³/mol. The molecule has 0 fully saturated rings. The first-order valence-corrected chi connectivity index (χ1v) is 17.9. The number of aliphatic carboxylic acids is 1. The van der Waals surface area contributed by atoms with E-state index in [2.05, 4.69) is 68.5 Å². The van der Waals surface area contributed by atoms with E-state index in [-0.39, 0.29) is 0 Å². The molecule has 0 aliphatic heterocycles. The fourth-order valence-corrected chi connectivity index (χ4v) is 5.33. The van der Waals surface area contributed by atoms with Crippen LogP contribution in [0.5, 0.6) is 0 Å². The number of hydrogen-bond acceptors (Lipinski definition) is 2. The second kappa shape index (κ2) is 31.8. The van der Waals surface area contributed by atoms with E-state index in [4.69, 9.17) is 0 Å². The van der Waals surface area contributed by atoms with Gasteiger partial charge in [-0.25, -0.2) is 0 Å². The third kappa shape index (κ3) is 25.6. The molecule has 0 aromatic carbocycles. The Bertz CT molecular complexity index is 707. The van der Waals surface area contributed by atoms with E-state index in [1.165, 1.54) is 89.9 Å². The summed E-state index contributed by atoms with van der Waals surface area (Å²) in [6, 6.07) is 2.20. The van der Waals surface area contributed by atoms with Gasteiger partial charge in [0.1, 0.15) is 0 Å². The number of nitriles is 1. The summed E-state index contributed by atoms with van der Waals surface area (Å²) in [7, 11) is 0. The molecule has 1 N–H and O–H groups in total. The van der Waals surface area contributed by atoms with Gasteiger partial charge < -0.3 is 5.11 Å². The van der Waals surface area contributed by atoms with Gasteiger partial charge in [-0.15, -0.1) is 0 Å². The average molecular weight is 582 g/mol. The van der Waals surface area contributed by atoms with Crippen LogP contribution in [0.4, 0.5) is 0 Å². The molecular weight excluding hydrogens is 514 g/mol. The molecule has 0 radical (unpaired) electrons. The highest BCUT2D eigenvalue weighted by atomic mass is 16.4. The zero-order chi connectivity index (χ0) is 30.8. The molecule has 0 amide bonds. The smallest absolute Gasteiger partial charge is 0.324 e. The Balaban J connectivity index is 3.81. The summed E-state index contributed by atoms with van der Waals surface area (Å²) in [6.07, 6.45) is 47.3. The topological polar surface area (TPSA) is 61.1 Å². The Morgan fingerprint density at radius 2 is 0.833 bits per heavy atom. The minimum absolute atomic E-state index is 0.494. The van der Waals surface area contributed by atoms with Crippen LogP contribution >= 0.6 is 0 Å². The average Bonchev–Trinajstić information content (AvgIpc) is 2.99. The number of carboxylic acids is 1. The van der Waals surface area contributed by atoms with Crippen LogP contribution in [0, 0.1) is 16.7 Å². The molecule has 0 aromatic rings. The van der Waals surface area contributed by atoms with Crippen molar-refractivity contribution in [2.24, 2.45) is 5.41 Å². The van der Waals surface area contributed by atoms with Crippen molar-refractivity contribution in [3.63, 3.8) is 0 Å². The highest BCUT2D eigenvalue weighted by Crippen LogP contribution is 2.32. The maximum Gasteiger partial charge on any atom is 0.324 e. The van der Waals surface area contributed by atoms with Crippen molar-refractivity contribution < 1.29 is 9.90 Å². The van der Waals surface area contributed by atoms with Gasteiger partial charge in [0.15, 0.2) is 5.41 Å². The number of unbranched alkanes of at least 4 members (excludes halogenated alkanes) is 18. The van der Waals surface area contributed by atoms with Gasteiger partial charge in [-0.3, -0.25) is 4.79 Å². The van der Waals surface area contributed by atoms with Crippen molar-refractivity contribution in [3.8, 4) is 6.07 Å². The lowest BCUT2D eigenvalue weighted by Gasteiger charge is -2.21. The maximum atomic E-state index is 12.0. The third-order valence-corrected chi connectivity index (χ3v) is 8.23. The van der Waals surface area contributed by atoms with Crippen LogP contribution in [0.25, 0.3) is 0 Å². The van der Waals surface area contributed by atoms with E-state index in [0.717, 1.165) is 64.2 Å². The third-order valence-electron chi connectivity index (χ3n) is 8.23. The molecule has 0 heterocycles. The highest BCUT2D eigenvalue weighted by Gasteiger charge is 2.37. The number of hydrogen-bond donors (Lipinski definition) is 1. The molecule has 0 atom stereocenters. The van der Waals surface area contributed by atoms with Crippen molar-refractivity contribution in [1.82, 2.24) is 0 Å². The Morgan fingerprint density at radius 1 is 0.524 bits per heavy atom. The zero-order valence-electron chi connectivity index (χ0n) is 27.8. The standard InChI is InChI=1S/C39H67NO2/c1-3-5-7-9-11-13-15-17-19-21-23-25-27-29-31-33-35-39(37-40,38(41)42)36-34-32-30-28-26-24-22-20-18-16-14-12-10-8-6-4-2/h11-14,17-20H,3-10,15-16,21-36H2,1-2H3,(H,41,42)/b13-11-,14-12-,19-17-,20-18-. The van der Waals surface area contributed by atoms with Gasteiger partial charge in [0.2, 0.25) is 0 Å². The monoisotopic (exact) mass is 582 g/mol. The van der Waals surface area contributed by atoms with Gasteiger partial charge in [-0.05, 0) is 77.0 Å². The lowest BCUT2D eigenvalue weighted by molar-refractivity contribution is -0.146. The second-order valence-corrected chi connectivity index (χ2v) is 12.2. The Morgan fingerprint density at radius 3 is 1.14 bits per heavy atom. The zero-order valence-corrected chi connectivity index (χ0v) is 27.8. The molecule has 3 heteroatoms. The summed E-state index contributed by atoms with van der Waals surface area (Å²) in [5.74, 6) is -0.921. The first-order chi connectivity index (χ1) is 20.6. The second-order valence-electron chi connectivity index (χ2n) is 12.2. The van der Waals surface area contributed by atoms with Crippen molar-refractivity contribution in [1.29, 1.82) is 5.26 Å². The molecule has 0 saturated carbocycles. The fourth-order valence-electron chi connectivity index (χ4n) is 5.33. The Labute approximate surface area is 261 Å². The lowest BCUT2D eigenvalue weighted by atomic mass is 9.79. The van der Waals surface area contributed by atoms with Crippen molar-refractivity contribution in [2.75, 3.05) is 0 Å². The van der Waals surface area contributed by atoms with Crippen molar-refractivity contribution in [2.45, 2.75) is 181 Å². The van der Waals surface area contributed by atoms with Crippen LogP contribution in [0.1, 0.15) is 181 Å². The van der Waals surface area contributed by atoms with Crippen LogP contribution in [0.15, 0.2) is 48.6 Å². The van der Waals surface area contributed by atoms with E-state index in [1.54, 1.807) is 0 Å². The van der Waals surface area contributed by atoms with E-state index in [1.807, 2.05) is 0 Å². The summed E-state index contributed by atoms with van der Waals surface area (Å²) in [6.45, 7) is 4.48. The summed E-state index contributed by atoms with van der Waals surface area (Å²) >= 11 is 0. The highest BCUT2D eigenvalue weighted by molar-refractivity contribution is 5.77. The van der Waals surface area contributed by atoms with Gasteiger partial charge in [-0.1, -0.05) is 152 Å². The van der Waals surface area contributed by atoms with E-state index in [9.17, 15) is 15.2 Å². The molecule has 0 saturated heterocycles. The summed E-state index contributed by atoms with van der Waals surface area (Å²) < 4.78 is 0. The number of carboxylic acid groups (broad SMARTS) is 1. The molecule has 240 valence electrons. The first kappa shape index (κ1) is 39.9. The van der Waals surface area contributed by atoms with Crippen LogP contribution in [-0.4, -0.2) is 11.1 Å². The molecular formula is C39H67NO2. The van der Waals surface area contributed by atoms with Gasteiger partial charge >= 0.3 is 5.97 Å². The summed E-state index contributed by atoms with van der Waals surface area (Å²) in [5.41, 5.74) is -1.19. The minimum Gasteiger partial charge on any atom is -0.480 e. The molecule has 0 rings (SSSR count). The SMILES string of the molecule is CCCCC/C=C\C/C=C\CCCCCCCCC(C#N)(CCCCCCCC/C=C\C/C=C\CCCCC)C(=O)O. The van der Waals surface area contributed by atoms with Gasteiger partial charge in [0.25, 0.3) is 0 Å². The maximum absolute atomic E-state index is 12.0. The fraction of sp³-hybridized carbons (Fsp3) is 0.744. The molecule has 0 aliphatic carbocycles. The largest absolute Gasteiger partial charge is 0.480 e. The van der Waals surface area contributed by atoms with Crippen molar-refractivity contribution >= 4 is 5.97 Å². The Kier molecular flexibility index (Phi) is 30.3.